The number of carbonyl (C=O) groups is 1. The van der Waals surface area contributed by atoms with Gasteiger partial charge >= 0.3 is 5.97 Å². The zero-order valence-corrected chi connectivity index (χ0v) is 22.2. The molecule has 11 heteroatoms. The molecule has 0 aliphatic carbocycles. The normalized spacial score (nSPS) is 12.8. The second-order valence-electron chi connectivity index (χ2n) is 8.40. The summed E-state index contributed by atoms with van der Waals surface area (Å²) in [5.41, 5.74) is 1.80. The summed E-state index contributed by atoms with van der Waals surface area (Å²) in [4.78, 5) is 12.5. The Morgan fingerprint density at radius 1 is 1.20 bits per heavy atom. The summed E-state index contributed by atoms with van der Waals surface area (Å²) < 4.78 is 48.7. The molecule has 0 N–H and O–H groups in total. The van der Waals surface area contributed by atoms with Gasteiger partial charge in [0.1, 0.15) is 11.9 Å². The lowest BCUT2D eigenvalue weighted by atomic mass is 10.0. The number of methoxy groups -OCH3 is 1. The van der Waals surface area contributed by atoms with Crippen LogP contribution in [0.25, 0.3) is 0 Å². The number of nitrogens with zero attached hydrogens (tertiary/aromatic N) is 4. The molecule has 0 bridgehead atoms. The number of rotatable bonds is 11. The third-order valence-electron chi connectivity index (χ3n) is 5.45. The van der Waals surface area contributed by atoms with E-state index in [1.807, 2.05) is 36.5 Å². The number of sulfonamides is 1. The van der Waals surface area contributed by atoms with Crippen LogP contribution in [0.4, 0.5) is 4.39 Å². The summed E-state index contributed by atoms with van der Waals surface area (Å²) in [5, 5.41) is 8.34. The maximum atomic E-state index is 13.6. The van der Waals surface area contributed by atoms with Crippen molar-refractivity contribution < 1.29 is 22.3 Å². The maximum Gasteiger partial charge on any atom is 0.324 e. The van der Waals surface area contributed by atoms with Crippen LogP contribution in [0.3, 0.4) is 0 Å². The summed E-state index contributed by atoms with van der Waals surface area (Å²) in [5.74, 6) is -1.59. The van der Waals surface area contributed by atoms with Gasteiger partial charge in [-0.05, 0) is 58.5 Å². The van der Waals surface area contributed by atoms with Gasteiger partial charge in [-0.3, -0.25) is 4.79 Å². The molecule has 8 nitrogen and oxygen atoms in total. The van der Waals surface area contributed by atoms with Crippen LogP contribution in [0.15, 0.2) is 64.1 Å². The van der Waals surface area contributed by atoms with Crippen LogP contribution < -0.4 is 0 Å². The molecular formula is C24H28BrFN4O4S. The van der Waals surface area contributed by atoms with Crippen LogP contribution in [0, 0.1) is 11.7 Å². The molecule has 0 aliphatic rings. The van der Waals surface area contributed by atoms with E-state index in [1.165, 1.54) is 13.2 Å². The molecule has 1 atom stereocenters. The van der Waals surface area contributed by atoms with Gasteiger partial charge in [0.15, 0.2) is 0 Å². The third-order valence-corrected chi connectivity index (χ3v) is 8.31. The Balaban J connectivity index is 1.80. The van der Waals surface area contributed by atoms with Crippen LogP contribution >= 0.6 is 15.9 Å². The van der Waals surface area contributed by atoms with Crippen LogP contribution in [0.5, 0.6) is 0 Å². The van der Waals surface area contributed by atoms with E-state index in [-0.39, 0.29) is 21.8 Å². The highest BCUT2D eigenvalue weighted by Gasteiger charge is 2.39. The van der Waals surface area contributed by atoms with E-state index >= 15 is 0 Å². The fourth-order valence-corrected chi connectivity index (χ4v) is 6.54. The van der Waals surface area contributed by atoms with Crippen LogP contribution in [0.2, 0.25) is 0 Å². The summed E-state index contributed by atoms with van der Waals surface area (Å²) in [6.45, 7) is 4.11. The van der Waals surface area contributed by atoms with Crippen molar-refractivity contribution in [3.05, 3.63) is 76.3 Å². The molecular weight excluding hydrogens is 539 g/mol. The number of aryl methyl sites for hydroxylation is 1. The number of aromatic nitrogens is 3. The van der Waals surface area contributed by atoms with E-state index in [4.69, 9.17) is 4.74 Å². The van der Waals surface area contributed by atoms with Gasteiger partial charge < -0.3 is 4.74 Å². The van der Waals surface area contributed by atoms with E-state index in [0.717, 1.165) is 22.0 Å². The Hall–Kier alpha value is -2.63. The summed E-state index contributed by atoms with van der Waals surface area (Å²) in [7, 11) is -2.94. The zero-order valence-electron chi connectivity index (χ0n) is 19.8. The van der Waals surface area contributed by atoms with E-state index in [1.54, 1.807) is 18.5 Å². The lowest BCUT2D eigenvalue weighted by Gasteiger charge is -2.31. The molecule has 0 radical (unpaired) electrons. The second kappa shape index (κ2) is 11.9. The molecule has 0 amide bonds. The highest BCUT2D eigenvalue weighted by Crippen LogP contribution is 2.29. The number of benzene rings is 2. The van der Waals surface area contributed by atoms with Crippen LogP contribution in [-0.2, 0) is 32.5 Å². The van der Waals surface area contributed by atoms with Gasteiger partial charge in [0.05, 0.1) is 24.2 Å². The van der Waals surface area contributed by atoms with Gasteiger partial charge in [0, 0.05) is 17.2 Å². The number of hydrogen-bond donors (Lipinski definition) is 0. The molecule has 0 saturated carbocycles. The second-order valence-corrected chi connectivity index (χ2v) is 11.1. The Bertz CT molecular complexity index is 1250. The minimum Gasteiger partial charge on any atom is -0.468 e. The largest absolute Gasteiger partial charge is 0.468 e. The zero-order chi connectivity index (χ0) is 25.6. The molecule has 1 aromatic heterocycles. The van der Waals surface area contributed by atoms with Crippen molar-refractivity contribution in [1.82, 2.24) is 19.3 Å². The molecule has 0 saturated heterocycles. The summed E-state index contributed by atoms with van der Waals surface area (Å²) in [6.07, 6.45) is 2.67. The SMILES string of the molecule is COC(=O)[C@H](C(C)C)N(CCCc1cn(Cc2ccccc2)nn1)S(=O)(=O)c1ccc(F)cc1Br. The predicted octanol–water partition coefficient (Wildman–Crippen LogP) is 4.05. The first-order valence-corrected chi connectivity index (χ1v) is 13.3. The molecule has 3 aromatic rings. The molecule has 2 aromatic carbocycles. The van der Waals surface area contributed by atoms with Crippen molar-refractivity contribution in [2.45, 2.75) is 44.2 Å². The first kappa shape index (κ1) is 27.0. The summed E-state index contributed by atoms with van der Waals surface area (Å²) >= 11 is 3.14. The van der Waals surface area contributed by atoms with Crippen molar-refractivity contribution in [3.8, 4) is 0 Å². The first-order chi connectivity index (χ1) is 16.6. The Morgan fingerprint density at radius 3 is 2.54 bits per heavy atom. The number of hydrogen-bond acceptors (Lipinski definition) is 6. The molecule has 1 heterocycles. The monoisotopic (exact) mass is 566 g/mol. The minimum absolute atomic E-state index is 0.0373. The molecule has 0 fully saturated rings. The van der Waals surface area contributed by atoms with Crippen molar-refractivity contribution in [3.63, 3.8) is 0 Å². The predicted molar refractivity (Wildman–Crippen MR) is 133 cm³/mol. The quantitative estimate of drug-likeness (QED) is 0.325. The van der Waals surface area contributed by atoms with E-state index in [2.05, 4.69) is 26.2 Å². The average molecular weight is 567 g/mol. The smallest absolute Gasteiger partial charge is 0.324 e. The number of halogens is 2. The number of ether oxygens (including phenoxy) is 1. The van der Waals surface area contributed by atoms with Crippen molar-refractivity contribution >= 4 is 31.9 Å². The molecule has 3 rings (SSSR count). The summed E-state index contributed by atoms with van der Waals surface area (Å²) in [6, 6.07) is 12.1. The lowest BCUT2D eigenvalue weighted by molar-refractivity contribution is -0.146. The molecule has 0 unspecified atom stereocenters. The van der Waals surface area contributed by atoms with Crippen molar-refractivity contribution in [2.75, 3.05) is 13.7 Å². The lowest BCUT2D eigenvalue weighted by Crippen LogP contribution is -2.49. The standard InChI is InChI=1S/C24H28BrFN4O4S/c1-17(2)23(24(31)34-3)30(35(32,33)22-12-11-19(26)14-21(22)25)13-7-10-20-16-29(28-27-20)15-18-8-5-4-6-9-18/h4-6,8-9,11-12,14,16-17,23H,7,10,13,15H2,1-3H3/t23-/m0/s1. The van der Waals surface area contributed by atoms with E-state index in [0.29, 0.717) is 25.1 Å². The fourth-order valence-electron chi connectivity index (χ4n) is 3.78. The first-order valence-electron chi connectivity index (χ1n) is 11.1. The van der Waals surface area contributed by atoms with Gasteiger partial charge in [-0.25, -0.2) is 17.5 Å². The molecule has 188 valence electrons. The van der Waals surface area contributed by atoms with Gasteiger partial charge in [-0.15, -0.1) is 5.10 Å². The van der Waals surface area contributed by atoms with Gasteiger partial charge in [0.25, 0.3) is 0 Å². The van der Waals surface area contributed by atoms with E-state index < -0.39 is 27.9 Å². The Labute approximate surface area is 213 Å². The maximum absolute atomic E-state index is 13.6. The van der Waals surface area contributed by atoms with Gasteiger partial charge in [-0.1, -0.05) is 49.4 Å². The molecule has 0 aliphatic heterocycles. The fraction of sp³-hybridized carbons (Fsp3) is 0.375. The number of carbonyl (C=O) groups excluding carboxylic acids is 1. The molecule has 0 spiro atoms. The van der Waals surface area contributed by atoms with Gasteiger partial charge in [0.2, 0.25) is 10.0 Å². The van der Waals surface area contributed by atoms with Crippen LogP contribution in [0.1, 0.15) is 31.5 Å². The van der Waals surface area contributed by atoms with Crippen molar-refractivity contribution in [2.24, 2.45) is 5.92 Å². The Morgan fingerprint density at radius 2 is 1.91 bits per heavy atom. The van der Waals surface area contributed by atoms with Crippen molar-refractivity contribution in [1.29, 1.82) is 0 Å². The van der Waals surface area contributed by atoms with Crippen LogP contribution in [-0.4, -0.2) is 53.4 Å². The topological polar surface area (TPSA) is 94.4 Å². The Kier molecular flexibility index (Phi) is 9.15. The highest BCUT2D eigenvalue weighted by atomic mass is 79.9. The molecule has 35 heavy (non-hydrogen) atoms. The average Bonchev–Trinajstić information content (AvgIpc) is 3.25. The highest BCUT2D eigenvalue weighted by molar-refractivity contribution is 9.10. The minimum atomic E-state index is -4.16. The van der Waals surface area contributed by atoms with Gasteiger partial charge in [-0.2, -0.15) is 4.31 Å². The third kappa shape index (κ3) is 6.74. The van der Waals surface area contributed by atoms with E-state index in [9.17, 15) is 17.6 Å². The number of esters is 1.